The van der Waals surface area contributed by atoms with Crippen LogP contribution < -0.4 is 5.73 Å². The van der Waals surface area contributed by atoms with Crippen LogP contribution in [0.2, 0.25) is 0 Å². The highest BCUT2D eigenvalue weighted by atomic mass is 15.2. The number of likely N-dealkylation sites (tertiary alicyclic amines) is 1. The lowest BCUT2D eigenvalue weighted by Crippen LogP contribution is -2.60. The maximum absolute atomic E-state index is 6.31. The number of hydrogen-bond donors (Lipinski definition) is 1. The van der Waals surface area contributed by atoms with Gasteiger partial charge in [-0.2, -0.15) is 0 Å². The minimum Gasteiger partial charge on any atom is -0.329 e. The molecule has 2 fully saturated rings. The van der Waals surface area contributed by atoms with Crippen LogP contribution >= 0.6 is 0 Å². The highest BCUT2D eigenvalue weighted by Gasteiger charge is 2.44. The van der Waals surface area contributed by atoms with Gasteiger partial charge in [-0.25, -0.2) is 0 Å². The Kier molecular flexibility index (Phi) is 5.53. The van der Waals surface area contributed by atoms with Gasteiger partial charge in [0.05, 0.1) is 0 Å². The topological polar surface area (TPSA) is 29.3 Å². The summed E-state index contributed by atoms with van der Waals surface area (Å²) in [6.07, 6.45) is 8.21. The Morgan fingerprint density at radius 1 is 1.15 bits per heavy atom. The number of nitrogens with two attached hydrogens (primary N) is 1. The quantitative estimate of drug-likeness (QED) is 0.849. The van der Waals surface area contributed by atoms with Gasteiger partial charge in [0.1, 0.15) is 0 Å². The van der Waals surface area contributed by atoms with Crippen molar-refractivity contribution < 1.29 is 0 Å². The maximum atomic E-state index is 6.31. The third kappa shape index (κ3) is 3.22. The number of hydrogen-bond acceptors (Lipinski definition) is 2. The molecule has 1 aliphatic heterocycles. The van der Waals surface area contributed by atoms with Gasteiger partial charge < -0.3 is 5.73 Å². The molecule has 20 heavy (non-hydrogen) atoms. The molecule has 0 aromatic heterocycles. The van der Waals surface area contributed by atoms with Crippen LogP contribution in [0.5, 0.6) is 0 Å². The Bertz CT molecular complexity index is 302. The molecule has 2 nitrogen and oxygen atoms in total. The van der Waals surface area contributed by atoms with E-state index in [0.717, 1.165) is 30.2 Å². The normalized spacial score (nSPS) is 40.8. The van der Waals surface area contributed by atoms with E-state index >= 15 is 0 Å². The van der Waals surface area contributed by atoms with E-state index in [1.54, 1.807) is 0 Å². The van der Waals surface area contributed by atoms with Crippen molar-refractivity contribution in [3.05, 3.63) is 0 Å². The lowest BCUT2D eigenvalue weighted by Gasteiger charge is -2.51. The zero-order valence-electron chi connectivity index (χ0n) is 14.2. The summed E-state index contributed by atoms with van der Waals surface area (Å²) in [7, 11) is 0. The SMILES string of the molecule is CC1CCC(CN)(N2CCCC(C(C)C)CC2)C(C)C1. The molecule has 4 atom stereocenters. The molecule has 0 aromatic rings. The average Bonchev–Trinajstić information content (AvgIpc) is 2.66. The molecule has 0 amide bonds. The van der Waals surface area contributed by atoms with Crippen LogP contribution in [0.25, 0.3) is 0 Å². The second-order valence-electron chi connectivity index (χ2n) is 8.01. The van der Waals surface area contributed by atoms with Gasteiger partial charge in [-0.05, 0) is 75.3 Å². The summed E-state index contributed by atoms with van der Waals surface area (Å²) in [6, 6.07) is 0. The van der Waals surface area contributed by atoms with Crippen LogP contribution in [0.1, 0.15) is 66.2 Å². The lowest BCUT2D eigenvalue weighted by atomic mass is 9.69. The summed E-state index contributed by atoms with van der Waals surface area (Å²) in [4.78, 5) is 2.80. The lowest BCUT2D eigenvalue weighted by molar-refractivity contribution is 0.000979. The van der Waals surface area contributed by atoms with E-state index in [2.05, 4.69) is 32.6 Å². The van der Waals surface area contributed by atoms with Crippen molar-refractivity contribution in [2.45, 2.75) is 71.8 Å². The third-order valence-electron chi connectivity index (χ3n) is 6.44. The van der Waals surface area contributed by atoms with Crippen LogP contribution in [0, 0.1) is 23.7 Å². The zero-order chi connectivity index (χ0) is 14.8. The van der Waals surface area contributed by atoms with Crippen LogP contribution in [-0.2, 0) is 0 Å². The largest absolute Gasteiger partial charge is 0.329 e. The Hall–Kier alpha value is -0.0800. The van der Waals surface area contributed by atoms with Crippen LogP contribution in [0.4, 0.5) is 0 Å². The summed E-state index contributed by atoms with van der Waals surface area (Å²) < 4.78 is 0. The fourth-order valence-corrected chi connectivity index (χ4v) is 4.82. The Labute approximate surface area is 126 Å². The van der Waals surface area contributed by atoms with Crippen molar-refractivity contribution in [2.24, 2.45) is 29.4 Å². The Morgan fingerprint density at radius 2 is 1.90 bits per heavy atom. The monoisotopic (exact) mass is 280 g/mol. The Balaban J connectivity index is 2.07. The second-order valence-corrected chi connectivity index (χ2v) is 8.01. The number of nitrogens with zero attached hydrogens (tertiary/aromatic N) is 1. The van der Waals surface area contributed by atoms with E-state index < -0.39 is 0 Å². The van der Waals surface area contributed by atoms with Crippen molar-refractivity contribution in [2.75, 3.05) is 19.6 Å². The smallest absolute Gasteiger partial charge is 0.0357 e. The van der Waals surface area contributed by atoms with E-state index in [1.165, 1.54) is 51.6 Å². The average molecular weight is 281 g/mol. The first-order valence-corrected chi connectivity index (χ1v) is 8.94. The first-order valence-electron chi connectivity index (χ1n) is 8.94. The first-order chi connectivity index (χ1) is 9.49. The molecule has 2 rings (SSSR count). The molecule has 2 aliphatic rings. The summed E-state index contributed by atoms with van der Waals surface area (Å²) in [5.41, 5.74) is 6.61. The molecule has 0 bridgehead atoms. The first kappa shape index (κ1) is 16.3. The van der Waals surface area contributed by atoms with E-state index in [-0.39, 0.29) is 0 Å². The minimum atomic E-state index is 0.304. The zero-order valence-corrected chi connectivity index (χ0v) is 14.2. The molecule has 2 N–H and O–H groups in total. The predicted molar refractivity (Wildman–Crippen MR) is 87.7 cm³/mol. The van der Waals surface area contributed by atoms with Crippen LogP contribution in [-0.4, -0.2) is 30.1 Å². The van der Waals surface area contributed by atoms with Gasteiger partial charge in [-0.15, -0.1) is 0 Å². The summed E-state index contributed by atoms with van der Waals surface area (Å²) in [6.45, 7) is 13.1. The van der Waals surface area contributed by atoms with Gasteiger partial charge in [-0.3, -0.25) is 4.90 Å². The van der Waals surface area contributed by atoms with Gasteiger partial charge >= 0.3 is 0 Å². The van der Waals surface area contributed by atoms with Crippen LogP contribution in [0.3, 0.4) is 0 Å². The molecule has 0 spiro atoms. The Morgan fingerprint density at radius 3 is 2.50 bits per heavy atom. The highest BCUT2D eigenvalue weighted by molar-refractivity contribution is 5.00. The summed E-state index contributed by atoms with van der Waals surface area (Å²) in [5.74, 6) is 3.41. The van der Waals surface area contributed by atoms with E-state index in [4.69, 9.17) is 5.73 Å². The van der Waals surface area contributed by atoms with Gasteiger partial charge in [0.25, 0.3) is 0 Å². The molecule has 0 radical (unpaired) electrons. The van der Waals surface area contributed by atoms with E-state index in [9.17, 15) is 0 Å². The maximum Gasteiger partial charge on any atom is 0.0357 e. The molecule has 1 heterocycles. The van der Waals surface area contributed by atoms with Crippen LogP contribution in [0.15, 0.2) is 0 Å². The highest BCUT2D eigenvalue weighted by Crippen LogP contribution is 2.41. The molecule has 1 saturated carbocycles. The number of rotatable bonds is 3. The van der Waals surface area contributed by atoms with E-state index in [0.29, 0.717) is 5.54 Å². The molecule has 0 aromatic carbocycles. The van der Waals surface area contributed by atoms with Crippen molar-refractivity contribution in [1.29, 1.82) is 0 Å². The summed E-state index contributed by atoms with van der Waals surface area (Å²) in [5, 5.41) is 0. The predicted octanol–water partition coefficient (Wildman–Crippen LogP) is 3.90. The van der Waals surface area contributed by atoms with Gasteiger partial charge in [0.2, 0.25) is 0 Å². The van der Waals surface area contributed by atoms with Gasteiger partial charge in [-0.1, -0.05) is 27.7 Å². The fourth-order valence-electron chi connectivity index (χ4n) is 4.82. The minimum absolute atomic E-state index is 0.304. The molecule has 4 unspecified atom stereocenters. The standard InChI is InChI=1S/C18H36N2/c1-14(2)17-6-5-10-20(11-8-17)18(13-19)9-7-15(3)12-16(18)4/h14-17H,5-13,19H2,1-4H3. The molecule has 1 aliphatic carbocycles. The van der Waals surface area contributed by atoms with E-state index in [1.807, 2.05) is 0 Å². The van der Waals surface area contributed by atoms with Gasteiger partial charge in [0.15, 0.2) is 0 Å². The van der Waals surface area contributed by atoms with Crippen molar-refractivity contribution in [1.82, 2.24) is 4.90 Å². The van der Waals surface area contributed by atoms with Crippen molar-refractivity contribution in [3.8, 4) is 0 Å². The third-order valence-corrected chi connectivity index (χ3v) is 6.44. The van der Waals surface area contributed by atoms with Crippen molar-refractivity contribution >= 4 is 0 Å². The molecule has 1 saturated heterocycles. The fraction of sp³-hybridized carbons (Fsp3) is 1.00. The molecular formula is C18H36N2. The molecule has 2 heteroatoms. The second kappa shape index (κ2) is 6.79. The molecular weight excluding hydrogens is 244 g/mol. The summed E-state index contributed by atoms with van der Waals surface area (Å²) >= 11 is 0. The van der Waals surface area contributed by atoms with Gasteiger partial charge in [0, 0.05) is 12.1 Å². The molecule has 118 valence electrons. The van der Waals surface area contributed by atoms with Crippen molar-refractivity contribution in [3.63, 3.8) is 0 Å².